The van der Waals surface area contributed by atoms with E-state index in [2.05, 4.69) is 0 Å². The van der Waals surface area contributed by atoms with Crippen LogP contribution in [0.4, 0.5) is 10.5 Å². The zero-order valence-corrected chi connectivity index (χ0v) is 13.3. The molecule has 1 atom stereocenters. The van der Waals surface area contributed by atoms with Gasteiger partial charge in [-0.1, -0.05) is 12.1 Å². The number of para-hydroxylation sites is 1. The summed E-state index contributed by atoms with van der Waals surface area (Å²) in [6, 6.07) is 7.51. The number of ether oxygens (including phenoxy) is 1. The maximum Gasteiger partial charge on any atom is 0.417 e. The van der Waals surface area contributed by atoms with Gasteiger partial charge in [0, 0.05) is 28.8 Å². The fraction of sp³-hybridized carbons (Fsp3) is 0.467. The van der Waals surface area contributed by atoms with Gasteiger partial charge in [-0.15, -0.1) is 11.8 Å². The molecule has 1 aliphatic heterocycles. The Morgan fingerprint density at radius 1 is 1.38 bits per heavy atom. The zero-order chi connectivity index (χ0) is 15.6. The molecule has 1 fully saturated rings. The lowest BCUT2D eigenvalue weighted by atomic mass is 10.2. The van der Waals surface area contributed by atoms with Gasteiger partial charge in [-0.3, -0.25) is 4.79 Å². The number of thioether (sulfide) groups is 1. The second-order valence-electron chi connectivity index (χ2n) is 5.97. The minimum absolute atomic E-state index is 0.00900. The fourth-order valence-corrected chi connectivity index (χ4v) is 3.18. The zero-order valence-electron chi connectivity index (χ0n) is 12.5. The van der Waals surface area contributed by atoms with Gasteiger partial charge in [0.05, 0.1) is 0 Å². The van der Waals surface area contributed by atoms with Crippen LogP contribution in [0.2, 0.25) is 0 Å². The van der Waals surface area contributed by atoms with Crippen LogP contribution in [-0.4, -0.2) is 34.3 Å². The Hall–Kier alpha value is -1.69. The van der Waals surface area contributed by atoms with Crippen molar-refractivity contribution >= 4 is 29.4 Å². The van der Waals surface area contributed by atoms with E-state index >= 15 is 0 Å². The monoisotopic (exact) mass is 308 g/mol. The summed E-state index contributed by atoms with van der Waals surface area (Å²) in [5.74, 6) is -0.198. The van der Waals surface area contributed by atoms with E-state index in [1.807, 2.05) is 24.3 Å². The van der Waals surface area contributed by atoms with Gasteiger partial charge in [0.1, 0.15) is 5.60 Å². The molecule has 1 aromatic carbocycles. The van der Waals surface area contributed by atoms with E-state index in [1.165, 1.54) is 16.7 Å². The smallest absolute Gasteiger partial charge is 0.417 e. The summed E-state index contributed by atoms with van der Waals surface area (Å²) in [6.07, 6.45) is -0.255. The van der Waals surface area contributed by atoms with Gasteiger partial charge in [-0.25, -0.2) is 9.69 Å². The number of rotatable bonds is 2. The van der Waals surface area contributed by atoms with Gasteiger partial charge >= 0.3 is 6.09 Å². The Balaban J connectivity index is 2.00. The molecule has 2 amide bonds. The van der Waals surface area contributed by atoms with Crippen molar-refractivity contribution in [3.05, 3.63) is 24.3 Å². The van der Waals surface area contributed by atoms with Crippen LogP contribution in [0.1, 0.15) is 27.2 Å². The first kappa shape index (κ1) is 15.7. The number of amides is 2. The van der Waals surface area contributed by atoms with Gasteiger partial charge in [0.15, 0.2) is 0 Å². The quantitative estimate of drug-likeness (QED) is 0.850. The molecule has 0 aliphatic carbocycles. The van der Waals surface area contributed by atoms with Crippen molar-refractivity contribution in [1.29, 1.82) is 0 Å². The fourth-order valence-electron chi connectivity index (χ4n) is 2.01. The number of carbonyl (C=O) groups is 2. The number of nitrogens with two attached hydrogens (primary N) is 1. The van der Waals surface area contributed by atoms with Crippen molar-refractivity contribution in [2.45, 2.75) is 42.9 Å². The molecule has 0 bridgehead atoms. The third kappa shape index (κ3) is 4.14. The number of likely N-dealkylation sites (tertiary alicyclic amines) is 1. The Morgan fingerprint density at radius 2 is 2.05 bits per heavy atom. The predicted molar refractivity (Wildman–Crippen MR) is 83.1 cm³/mol. The summed E-state index contributed by atoms with van der Waals surface area (Å²) in [4.78, 5) is 26.1. The Bertz CT molecular complexity index is 554. The molecule has 0 saturated carbocycles. The lowest BCUT2D eigenvalue weighted by Crippen LogP contribution is -2.37. The maximum absolute atomic E-state index is 12.0. The molecule has 0 spiro atoms. The molecule has 5 nitrogen and oxygen atoms in total. The molecule has 114 valence electrons. The summed E-state index contributed by atoms with van der Waals surface area (Å²) in [5.41, 5.74) is 5.98. The molecule has 6 heteroatoms. The van der Waals surface area contributed by atoms with E-state index in [4.69, 9.17) is 10.5 Å². The standard InChI is InChI=1S/C15H20N2O3S/c1-15(2,3)20-14(19)17-9-10(8-13(17)18)21-12-7-5-4-6-11(12)16/h4-7,10H,8-9,16H2,1-3H3. The maximum atomic E-state index is 12.0. The number of carbonyl (C=O) groups excluding carboxylic acids is 2. The number of hydrogen-bond donors (Lipinski definition) is 1. The molecule has 0 aromatic heterocycles. The van der Waals surface area contributed by atoms with Crippen molar-refractivity contribution in [2.24, 2.45) is 0 Å². The molecule has 1 unspecified atom stereocenters. The molecule has 2 rings (SSSR count). The van der Waals surface area contributed by atoms with E-state index in [9.17, 15) is 9.59 Å². The highest BCUT2D eigenvalue weighted by Gasteiger charge is 2.37. The average Bonchev–Trinajstić information content (AvgIpc) is 2.71. The highest BCUT2D eigenvalue weighted by atomic mass is 32.2. The highest BCUT2D eigenvalue weighted by Crippen LogP contribution is 2.34. The van der Waals surface area contributed by atoms with Gasteiger partial charge in [0.2, 0.25) is 5.91 Å². The van der Waals surface area contributed by atoms with Crippen molar-refractivity contribution in [2.75, 3.05) is 12.3 Å². The van der Waals surface area contributed by atoms with Gasteiger partial charge in [-0.2, -0.15) is 0 Å². The van der Waals surface area contributed by atoms with E-state index in [0.29, 0.717) is 18.7 Å². The number of anilines is 1. The molecule has 0 radical (unpaired) electrons. The third-order valence-electron chi connectivity index (χ3n) is 2.92. The van der Waals surface area contributed by atoms with E-state index in [0.717, 1.165) is 4.90 Å². The van der Waals surface area contributed by atoms with Crippen LogP contribution in [0.15, 0.2) is 29.2 Å². The van der Waals surface area contributed by atoms with Crippen LogP contribution in [0.25, 0.3) is 0 Å². The van der Waals surface area contributed by atoms with Crippen molar-refractivity contribution in [1.82, 2.24) is 4.90 Å². The second kappa shape index (κ2) is 5.97. The van der Waals surface area contributed by atoms with Gasteiger partial charge < -0.3 is 10.5 Å². The van der Waals surface area contributed by atoms with Crippen LogP contribution in [-0.2, 0) is 9.53 Å². The van der Waals surface area contributed by atoms with Crippen LogP contribution in [0.5, 0.6) is 0 Å². The second-order valence-corrected chi connectivity index (χ2v) is 7.31. The van der Waals surface area contributed by atoms with Crippen molar-refractivity contribution in [3.63, 3.8) is 0 Å². The first-order valence-electron chi connectivity index (χ1n) is 6.81. The summed E-state index contributed by atoms with van der Waals surface area (Å²) < 4.78 is 5.25. The molecule has 1 aromatic rings. The van der Waals surface area contributed by atoms with Crippen LogP contribution in [0.3, 0.4) is 0 Å². The Labute approximate surface area is 128 Å². The van der Waals surface area contributed by atoms with Crippen molar-refractivity contribution < 1.29 is 14.3 Å². The van der Waals surface area contributed by atoms with Gasteiger partial charge in [0.25, 0.3) is 0 Å². The van der Waals surface area contributed by atoms with E-state index in [-0.39, 0.29) is 11.2 Å². The molecule has 2 N–H and O–H groups in total. The number of hydrogen-bond acceptors (Lipinski definition) is 5. The summed E-state index contributed by atoms with van der Waals surface area (Å²) in [7, 11) is 0. The lowest BCUT2D eigenvalue weighted by molar-refractivity contribution is -0.126. The minimum Gasteiger partial charge on any atom is -0.443 e. The van der Waals surface area contributed by atoms with Crippen LogP contribution >= 0.6 is 11.8 Å². The highest BCUT2D eigenvalue weighted by molar-refractivity contribution is 8.00. The first-order chi connectivity index (χ1) is 9.76. The molecular formula is C15H20N2O3S. The number of benzene rings is 1. The average molecular weight is 308 g/mol. The summed E-state index contributed by atoms with van der Waals surface area (Å²) in [6.45, 7) is 5.69. The molecule has 1 saturated heterocycles. The minimum atomic E-state index is -0.605. The Kier molecular flexibility index (Phi) is 4.46. The first-order valence-corrected chi connectivity index (χ1v) is 7.69. The summed E-state index contributed by atoms with van der Waals surface area (Å²) >= 11 is 1.53. The summed E-state index contributed by atoms with van der Waals surface area (Å²) in [5, 5.41) is 0.00900. The topological polar surface area (TPSA) is 72.6 Å². The predicted octanol–water partition coefficient (Wildman–Crippen LogP) is 2.90. The van der Waals surface area contributed by atoms with Gasteiger partial charge in [-0.05, 0) is 32.9 Å². The number of nitrogen functional groups attached to an aromatic ring is 1. The molecular weight excluding hydrogens is 288 g/mol. The lowest BCUT2D eigenvalue weighted by Gasteiger charge is -2.23. The third-order valence-corrected chi connectivity index (χ3v) is 4.19. The SMILES string of the molecule is CC(C)(C)OC(=O)N1CC(Sc2ccccc2N)CC1=O. The molecule has 1 heterocycles. The number of nitrogens with zero attached hydrogens (tertiary/aromatic N) is 1. The molecule has 1 aliphatic rings. The van der Waals surface area contributed by atoms with E-state index in [1.54, 1.807) is 20.8 Å². The number of imide groups is 1. The normalized spacial score (nSPS) is 18.9. The largest absolute Gasteiger partial charge is 0.443 e. The van der Waals surface area contributed by atoms with Crippen molar-refractivity contribution in [3.8, 4) is 0 Å². The molecule has 21 heavy (non-hydrogen) atoms. The Morgan fingerprint density at radius 3 is 2.67 bits per heavy atom. The van der Waals surface area contributed by atoms with Crippen LogP contribution < -0.4 is 5.73 Å². The van der Waals surface area contributed by atoms with Crippen LogP contribution in [0, 0.1) is 0 Å². The van der Waals surface area contributed by atoms with E-state index < -0.39 is 11.7 Å².